The van der Waals surface area contributed by atoms with E-state index in [0.29, 0.717) is 10.7 Å². The number of nitrogens with one attached hydrogen (secondary N) is 1. The van der Waals surface area contributed by atoms with Gasteiger partial charge in [-0.1, -0.05) is 72.3 Å². The van der Waals surface area contributed by atoms with Crippen LogP contribution in [-0.2, 0) is 0 Å². The predicted octanol–water partition coefficient (Wildman–Crippen LogP) is 2.87. The minimum absolute atomic E-state index is 0.0270. The Morgan fingerprint density at radius 2 is 1.46 bits per heavy atom. The van der Waals surface area contributed by atoms with Crippen LogP contribution in [0.3, 0.4) is 0 Å². The number of hydrogen-bond donors (Lipinski definition) is 1. The van der Waals surface area contributed by atoms with Gasteiger partial charge in [0.15, 0.2) is 0 Å². The van der Waals surface area contributed by atoms with Gasteiger partial charge in [0, 0.05) is 17.3 Å². The van der Waals surface area contributed by atoms with Gasteiger partial charge in [-0.3, -0.25) is 4.79 Å². The third kappa shape index (κ3) is 4.08. The van der Waals surface area contributed by atoms with E-state index in [4.69, 9.17) is 11.6 Å². The molecule has 5 heteroatoms. The van der Waals surface area contributed by atoms with E-state index in [1.165, 1.54) is 16.0 Å². The van der Waals surface area contributed by atoms with Crippen LogP contribution in [0, 0.1) is 0 Å². The summed E-state index contributed by atoms with van der Waals surface area (Å²) in [5.74, 6) is 0.0270. The van der Waals surface area contributed by atoms with Gasteiger partial charge in [0.05, 0.1) is 31.7 Å². The fourth-order valence-corrected chi connectivity index (χ4v) is 4.04. The van der Waals surface area contributed by atoms with E-state index in [1.54, 1.807) is 18.3 Å². The molecule has 2 heterocycles. The largest absolute Gasteiger partial charge is 0.327 e. The molecule has 4 rings (SSSR count). The number of carbonyl (C=O) groups excluding carboxylic acids is 1. The molecular weight excluding hydrogens is 370 g/mol. The number of rotatable bonds is 4. The zero-order valence-electron chi connectivity index (χ0n) is 15.6. The molecular formula is C23H23ClN3O+. The lowest BCUT2D eigenvalue weighted by molar-refractivity contribution is -0.929. The maximum Gasteiger partial charge on any atom is 0.255 e. The van der Waals surface area contributed by atoms with Gasteiger partial charge in [-0.25, -0.2) is 4.98 Å². The van der Waals surface area contributed by atoms with E-state index in [1.807, 2.05) is 4.90 Å². The molecule has 4 nitrogen and oxygen atoms in total. The van der Waals surface area contributed by atoms with Crippen molar-refractivity contribution in [3.63, 3.8) is 0 Å². The zero-order chi connectivity index (χ0) is 19.3. The molecule has 142 valence electrons. The van der Waals surface area contributed by atoms with Gasteiger partial charge in [-0.15, -0.1) is 0 Å². The number of benzene rings is 2. The number of pyridine rings is 1. The Morgan fingerprint density at radius 3 is 1.96 bits per heavy atom. The first-order valence-corrected chi connectivity index (χ1v) is 9.95. The zero-order valence-corrected chi connectivity index (χ0v) is 16.3. The topological polar surface area (TPSA) is 37.6 Å². The molecule has 1 saturated heterocycles. The van der Waals surface area contributed by atoms with Crippen molar-refractivity contribution in [1.82, 2.24) is 9.88 Å². The number of amides is 1. The molecule has 0 atom stereocenters. The van der Waals surface area contributed by atoms with Gasteiger partial charge in [-0.2, -0.15) is 0 Å². The average Bonchev–Trinajstić information content (AvgIpc) is 2.76. The van der Waals surface area contributed by atoms with Crippen LogP contribution in [0.1, 0.15) is 27.5 Å². The summed E-state index contributed by atoms with van der Waals surface area (Å²) in [6.07, 6.45) is 1.56. The van der Waals surface area contributed by atoms with Crippen molar-refractivity contribution in [3.05, 3.63) is 101 Å². The predicted molar refractivity (Wildman–Crippen MR) is 111 cm³/mol. The maximum absolute atomic E-state index is 12.8. The molecule has 0 bridgehead atoms. The van der Waals surface area contributed by atoms with Gasteiger partial charge in [-0.05, 0) is 12.1 Å². The summed E-state index contributed by atoms with van der Waals surface area (Å²) in [7, 11) is 0. The van der Waals surface area contributed by atoms with Gasteiger partial charge in [0.2, 0.25) is 0 Å². The average molecular weight is 393 g/mol. The Morgan fingerprint density at radius 1 is 0.893 bits per heavy atom. The van der Waals surface area contributed by atoms with Crippen LogP contribution < -0.4 is 4.90 Å². The number of piperazine rings is 1. The summed E-state index contributed by atoms with van der Waals surface area (Å²) in [5.41, 5.74) is 3.21. The van der Waals surface area contributed by atoms with Gasteiger partial charge in [0.1, 0.15) is 11.2 Å². The maximum atomic E-state index is 12.8. The van der Waals surface area contributed by atoms with Crippen molar-refractivity contribution < 1.29 is 9.69 Å². The van der Waals surface area contributed by atoms with Crippen molar-refractivity contribution in [1.29, 1.82) is 0 Å². The summed E-state index contributed by atoms with van der Waals surface area (Å²) < 4.78 is 0. The molecule has 0 radical (unpaired) electrons. The molecule has 0 unspecified atom stereocenters. The van der Waals surface area contributed by atoms with Crippen LogP contribution in [0.5, 0.6) is 0 Å². The number of aromatic nitrogens is 1. The number of halogens is 1. The van der Waals surface area contributed by atoms with Crippen LogP contribution in [-0.4, -0.2) is 42.0 Å². The van der Waals surface area contributed by atoms with Crippen LogP contribution in [0.2, 0.25) is 5.15 Å². The molecule has 0 saturated carbocycles. The van der Waals surface area contributed by atoms with E-state index in [2.05, 4.69) is 65.6 Å². The quantitative estimate of drug-likeness (QED) is 0.693. The van der Waals surface area contributed by atoms with Crippen molar-refractivity contribution in [2.24, 2.45) is 0 Å². The third-order valence-electron chi connectivity index (χ3n) is 5.34. The molecule has 28 heavy (non-hydrogen) atoms. The summed E-state index contributed by atoms with van der Waals surface area (Å²) in [5, 5.41) is 0.402. The molecule has 1 aromatic heterocycles. The highest BCUT2D eigenvalue weighted by atomic mass is 35.5. The van der Waals surface area contributed by atoms with Gasteiger partial charge in [0.25, 0.3) is 5.91 Å². The second kappa shape index (κ2) is 8.55. The monoisotopic (exact) mass is 392 g/mol. The number of hydrogen-bond acceptors (Lipinski definition) is 2. The smallest absolute Gasteiger partial charge is 0.255 e. The first-order valence-electron chi connectivity index (χ1n) is 9.57. The highest BCUT2D eigenvalue weighted by molar-refractivity contribution is 6.29. The molecule has 0 aliphatic carbocycles. The lowest BCUT2D eigenvalue weighted by Gasteiger charge is -2.37. The second-order valence-electron chi connectivity index (χ2n) is 7.07. The Balaban J connectivity index is 1.50. The van der Waals surface area contributed by atoms with E-state index >= 15 is 0 Å². The normalized spacial score (nSPS) is 15.0. The molecule has 2 aromatic carbocycles. The van der Waals surface area contributed by atoms with E-state index in [-0.39, 0.29) is 11.9 Å². The SMILES string of the molecule is O=C(c1ccc(Cl)nc1)N1CC[NH+](C(c2ccccc2)c2ccccc2)CC1. The highest BCUT2D eigenvalue weighted by Gasteiger charge is 2.31. The first-order chi connectivity index (χ1) is 13.7. The standard InChI is InChI=1S/C23H22ClN3O/c24-21-12-11-20(17-25-21)23(28)27-15-13-26(14-16-27)22(18-7-3-1-4-8-18)19-9-5-2-6-10-19/h1-12,17,22H,13-16H2/p+1. The first kappa shape index (κ1) is 18.7. The summed E-state index contributed by atoms with van der Waals surface area (Å²) in [4.78, 5) is 20.2. The molecule has 3 aromatic rings. The van der Waals surface area contributed by atoms with Gasteiger partial charge >= 0.3 is 0 Å². The number of quaternary nitrogens is 1. The molecule has 0 spiro atoms. The fraction of sp³-hybridized carbons (Fsp3) is 0.217. The van der Waals surface area contributed by atoms with Crippen LogP contribution in [0.15, 0.2) is 79.0 Å². The molecule has 1 fully saturated rings. The molecule has 1 amide bonds. The van der Waals surface area contributed by atoms with Crippen LogP contribution in [0.4, 0.5) is 0 Å². The van der Waals surface area contributed by atoms with Gasteiger partial charge < -0.3 is 9.80 Å². The molecule has 1 N–H and O–H groups in total. The van der Waals surface area contributed by atoms with Crippen molar-refractivity contribution in [2.75, 3.05) is 26.2 Å². The third-order valence-corrected chi connectivity index (χ3v) is 5.56. The summed E-state index contributed by atoms with van der Waals surface area (Å²) in [6, 6.07) is 25.0. The van der Waals surface area contributed by atoms with Crippen LogP contribution >= 0.6 is 11.6 Å². The van der Waals surface area contributed by atoms with Crippen molar-refractivity contribution >= 4 is 17.5 Å². The van der Waals surface area contributed by atoms with Crippen molar-refractivity contribution in [2.45, 2.75) is 6.04 Å². The van der Waals surface area contributed by atoms with E-state index in [0.717, 1.165) is 26.2 Å². The summed E-state index contributed by atoms with van der Waals surface area (Å²) >= 11 is 5.83. The Labute approximate surface area is 170 Å². The Kier molecular flexibility index (Phi) is 5.70. The minimum atomic E-state index is 0.0270. The number of nitrogens with zero attached hydrogens (tertiary/aromatic N) is 2. The van der Waals surface area contributed by atoms with E-state index < -0.39 is 0 Å². The van der Waals surface area contributed by atoms with Crippen molar-refractivity contribution in [3.8, 4) is 0 Å². The lowest BCUT2D eigenvalue weighted by atomic mass is 9.96. The molecule has 1 aliphatic rings. The highest BCUT2D eigenvalue weighted by Crippen LogP contribution is 2.19. The molecule has 1 aliphatic heterocycles. The Hall–Kier alpha value is -2.69. The Bertz CT molecular complexity index is 868. The minimum Gasteiger partial charge on any atom is -0.327 e. The number of carbonyl (C=O) groups is 1. The van der Waals surface area contributed by atoms with E-state index in [9.17, 15) is 4.79 Å². The fourth-order valence-electron chi connectivity index (χ4n) is 3.93. The van der Waals surface area contributed by atoms with Crippen LogP contribution in [0.25, 0.3) is 0 Å². The lowest BCUT2D eigenvalue weighted by Crippen LogP contribution is -3.15. The summed E-state index contributed by atoms with van der Waals surface area (Å²) in [6.45, 7) is 3.27. The second-order valence-corrected chi connectivity index (χ2v) is 7.46.